The van der Waals surface area contributed by atoms with E-state index in [0.29, 0.717) is 30.4 Å². The maximum Gasteiger partial charge on any atom is 0.243 e. The standard InChI is InChI=1S/C17H24N2O3S/c20-17(18-15-9-10-15)11-8-14-5-4-12-19(13-14)23(21,22)16-6-2-1-3-7-16/h1-3,6-7,14-15H,4-5,8-13H2,(H,18,20). The highest BCUT2D eigenvalue weighted by Gasteiger charge is 2.30. The molecule has 1 N–H and O–H groups in total. The van der Waals surface area contributed by atoms with Crippen molar-refractivity contribution in [2.45, 2.75) is 49.5 Å². The summed E-state index contributed by atoms with van der Waals surface area (Å²) in [7, 11) is -3.41. The van der Waals surface area contributed by atoms with Gasteiger partial charge in [0.15, 0.2) is 0 Å². The van der Waals surface area contributed by atoms with Gasteiger partial charge in [-0.05, 0) is 50.2 Å². The average molecular weight is 336 g/mol. The highest BCUT2D eigenvalue weighted by molar-refractivity contribution is 7.89. The first-order valence-corrected chi connectivity index (χ1v) is 9.84. The van der Waals surface area contributed by atoms with E-state index in [1.165, 1.54) is 0 Å². The molecule has 1 atom stereocenters. The largest absolute Gasteiger partial charge is 0.353 e. The second-order valence-electron chi connectivity index (χ2n) is 6.56. The Bertz CT molecular complexity index is 641. The molecular formula is C17H24N2O3S. The minimum absolute atomic E-state index is 0.107. The number of hydrogen-bond donors (Lipinski definition) is 1. The molecule has 1 heterocycles. The fraction of sp³-hybridized carbons (Fsp3) is 0.588. The van der Waals surface area contributed by atoms with Crippen molar-refractivity contribution in [1.82, 2.24) is 9.62 Å². The topological polar surface area (TPSA) is 66.5 Å². The molecular weight excluding hydrogens is 312 g/mol. The predicted molar refractivity (Wildman–Crippen MR) is 88.3 cm³/mol. The van der Waals surface area contributed by atoms with Crippen LogP contribution in [0.25, 0.3) is 0 Å². The van der Waals surface area contributed by atoms with Gasteiger partial charge in [0.05, 0.1) is 4.90 Å². The van der Waals surface area contributed by atoms with Gasteiger partial charge in [0, 0.05) is 25.6 Å². The number of sulfonamides is 1. The van der Waals surface area contributed by atoms with Gasteiger partial charge in [0.1, 0.15) is 0 Å². The third-order valence-electron chi connectivity index (χ3n) is 4.58. The predicted octanol–water partition coefficient (Wildman–Crippen LogP) is 2.15. The molecule has 1 saturated carbocycles. The zero-order valence-corrected chi connectivity index (χ0v) is 14.1. The minimum atomic E-state index is -3.41. The Hall–Kier alpha value is -1.40. The summed E-state index contributed by atoms with van der Waals surface area (Å²) in [5.41, 5.74) is 0. The molecule has 0 radical (unpaired) electrons. The van der Waals surface area contributed by atoms with Gasteiger partial charge in [-0.25, -0.2) is 8.42 Å². The van der Waals surface area contributed by atoms with Crippen molar-refractivity contribution in [3.63, 3.8) is 0 Å². The number of hydrogen-bond acceptors (Lipinski definition) is 3. The Kier molecular flexibility index (Phi) is 5.02. The van der Waals surface area contributed by atoms with Crippen LogP contribution < -0.4 is 5.32 Å². The molecule has 1 amide bonds. The molecule has 23 heavy (non-hydrogen) atoms. The van der Waals surface area contributed by atoms with Crippen molar-refractivity contribution in [2.75, 3.05) is 13.1 Å². The van der Waals surface area contributed by atoms with E-state index < -0.39 is 10.0 Å². The summed E-state index contributed by atoms with van der Waals surface area (Å²) in [4.78, 5) is 12.1. The van der Waals surface area contributed by atoms with Crippen LogP contribution in [0.5, 0.6) is 0 Å². The zero-order valence-electron chi connectivity index (χ0n) is 13.3. The molecule has 1 aliphatic carbocycles. The van der Waals surface area contributed by atoms with Crippen LogP contribution in [0.3, 0.4) is 0 Å². The monoisotopic (exact) mass is 336 g/mol. The Morgan fingerprint density at radius 3 is 2.61 bits per heavy atom. The number of carbonyl (C=O) groups is 1. The fourth-order valence-corrected chi connectivity index (χ4v) is 4.66. The maximum absolute atomic E-state index is 12.7. The summed E-state index contributed by atoms with van der Waals surface area (Å²) in [6.07, 6.45) is 5.31. The molecule has 1 saturated heterocycles. The molecule has 2 fully saturated rings. The summed E-state index contributed by atoms with van der Waals surface area (Å²) in [6, 6.07) is 8.98. The second kappa shape index (κ2) is 7.01. The van der Waals surface area contributed by atoms with Crippen LogP contribution in [0, 0.1) is 5.92 Å². The summed E-state index contributed by atoms with van der Waals surface area (Å²) in [6.45, 7) is 1.09. The number of nitrogens with one attached hydrogen (secondary N) is 1. The lowest BCUT2D eigenvalue weighted by atomic mass is 9.94. The lowest BCUT2D eigenvalue weighted by molar-refractivity contribution is -0.121. The smallest absolute Gasteiger partial charge is 0.243 e. The molecule has 5 nitrogen and oxygen atoms in total. The highest BCUT2D eigenvalue weighted by Crippen LogP contribution is 2.26. The molecule has 1 aromatic carbocycles. The van der Waals surface area contributed by atoms with Gasteiger partial charge in [-0.15, -0.1) is 0 Å². The minimum Gasteiger partial charge on any atom is -0.353 e. The van der Waals surface area contributed by atoms with Crippen LogP contribution in [0.2, 0.25) is 0 Å². The Labute approximate surface area is 138 Å². The first-order chi connectivity index (χ1) is 11.1. The average Bonchev–Trinajstić information content (AvgIpc) is 3.38. The maximum atomic E-state index is 12.7. The van der Waals surface area contributed by atoms with Crippen LogP contribution in [0.15, 0.2) is 35.2 Å². The van der Waals surface area contributed by atoms with Gasteiger partial charge in [0.25, 0.3) is 0 Å². The number of amides is 1. The van der Waals surface area contributed by atoms with Crippen molar-refractivity contribution in [3.05, 3.63) is 30.3 Å². The van der Waals surface area contributed by atoms with E-state index in [0.717, 1.165) is 32.1 Å². The summed E-state index contributed by atoms with van der Waals surface area (Å²) in [5.74, 6) is 0.378. The first kappa shape index (κ1) is 16.5. The molecule has 1 unspecified atom stereocenters. The Balaban J connectivity index is 1.56. The van der Waals surface area contributed by atoms with Crippen molar-refractivity contribution in [3.8, 4) is 0 Å². The highest BCUT2D eigenvalue weighted by atomic mass is 32.2. The number of nitrogens with zero attached hydrogens (tertiary/aromatic N) is 1. The summed E-state index contributed by atoms with van der Waals surface area (Å²) >= 11 is 0. The lowest BCUT2D eigenvalue weighted by Gasteiger charge is -2.31. The van der Waals surface area contributed by atoms with E-state index in [4.69, 9.17) is 0 Å². The molecule has 2 aliphatic rings. The Morgan fingerprint density at radius 2 is 1.91 bits per heavy atom. The fourth-order valence-electron chi connectivity index (χ4n) is 3.09. The quantitative estimate of drug-likeness (QED) is 0.865. The van der Waals surface area contributed by atoms with E-state index >= 15 is 0 Å². The van der Waals surface area contributed by atoms with Crippen molar-refractivity contribution in [2.24, 2.45) is 5.92 Å². The summed E-state index contributed by atoms with van der Waals surface area (Å²) in [5, 5.41) is 2.99. The molecule has 0 spiro atoms. The number of piperidine rings is 1. The van der Waals surface area contributed by atoms with Gasteiger partial charge in [0.2, 0.25) is 15.9 Å². The van der Waals surface area contributed by atoms with Crippen LogP contribution in [-0.4, -0.2) is 37.8 Å². The van der Waals surface area contributed by atoms with Gasteiger partial charge in [-0.3, -0.25) is 4.79 Å². The van der Waals surface area contributed by atoms with Crippen molar-refractivity contribution >= 4 is 15.9 Å². The van der Waals surface area contributed by atoms with Crippen LogP contribution in [0.1, 0.15) is 38.5 Å². The third-order valence-corrected chi connectivity index (χ3v) is 6.46. The lowest BCUT2D eigenvalue weighted by Crippen LogP contribution is -2.40. The Morgan fingerprint density at radius 1 is 1.17 bits per heavy atom. The first-order valence-electron chi connectivity index (χ1n) is 8.40. The van der Waals surface area contributed by atoms with Crippen LogP contribution in [-0.2, 0) is 14.8 Å². The zero-order chi connectivity index (χ0) is 16.3. The van der Waals surface area contributed by atoms with Gasteiger partial charge in [-0.2, -0.15) is 4.31 Å². The molecule has 3 rings (SSSR count). The van der Waals surface area contributed by atoms with Crippen molar-refractivity contribution < 1.29 is 13.2 Å². The van der Waals surface area contributed by atoms with E-state index in [1.54, 1.807) is 28.6 Å². The molecule has 1 aromatic rings. The number of carbonyl (C=O) groups excluding carboxylic acids is 1. The van der Waals surface area contributed by atoms with E-state index in [-0.39, 0.29) is 11.8 Å². The molecule has 1 aliphatic heterocycles. The number of rotatable bonds is 6. The van der Waals surface area contributed by atoms with Crippen LogP contribution >= 0.6 is 0 Å². The summed E-state index contributed by atoms with van der Waals surface area (Å²) < 4.78 is 26.9. The normalized spacial score (nSPS) is 22.7. The van der Waals surface area contributed by atoms with Crippen molar-refractivity contribution in [1.29, 1.82) is 0 Å². The molecule has 6 heteroatoms. The van der Waals surface area contributed by atoms with E-state index in [9.17, 15) is 13.2 Å². The van der Waals surface area contributed by atoms with Gasteiger partial charge in [-0.1, -0.05) is 18.2 Å². The van der Waals surface area contributed by atoms with E-state index in [1.807, 2.05) is 6.07 Å². The molecule has 0 aromatic heterocycles. The SMILES string of the molecule is O=C(CCC1CCCN(S(=O)(=O)c2ccccc2)C1)NC1CC1. The second-order valence-corrected chi connectivity index (χ2v) is 8.50. The number of benzene rings is 1. The van der Waals surface area contributed by atoms with Crippen LogP contribution in [0.4, 0.5) is 0 Å². The molecule has 0 bridgehead atoms. The van der Waals surface area contributed by atoms with Gasteiger partial charge < -0.3 is 5.32 Å². The third kappa shape index (κ3) is 4.32. The molecule has 126 valence electrons. The van der Waals surface area contributed by atoms with Gasteiger partial charge >= 0.3 is 0 Å². The van der Waals surface area contributed by atoms with E-state index in [2.05, 4.69) is 5.32 Å².